The number of ether oxygens (including phenoxy) is 1. The number of anilines is 1. The molecular weight excluding hydrogens is 442 g/mol. The molecule has 1 N–H and O–H groups in total. The van der Waals surface area contributed by atoms with Crippen LogP contribution in [0.4, 0.5) is 14.5 Å². The Kier molecular flexibility index (Phi) is 5.37. The molecule has 0 radical (unpaired) electrons. The number of benzene rings is 3. The third-order valence-corrected chi connectivity index (χ3v) is 5.68. The molecule has 0 aliphatic carbocycles. The van der Waals surface area contributed by atoms with Crippen molar-refractivity contribution in [1.29, 1.82) is 0 Å². The van der Waals surface area contributed by atoms with E-state index in [1.165, 1.54) is 17.0 Å². The zero-order chi connectivity index (χ0) is 23.8. The maximum absolute atomic E-state index is 13.8. The van der Waals surface area contributed by atoms with E-state index in [9.17, 15) is 18.4 Å². The topological polar surface area (TPSA) is 88.2 Å². The Hall–Kier alpha value is -4.40. The SMILES string of the molecule is CCOC(=O)c1ccc(-c2ccc(F)c(F)c2)cc1N1Cc2ccc(-c3cnn[nH]3)cc2C1=O. The molecule has 0 saturated carbocycles. The number of carbonyl (C=O) groups excluding carboxylic acids is 2. The molecule has 1 amide bonds. The van der Waals surface area contributed by atoms with Crippen LogP contribution < -0.4 is 4.90 Å². The number of aromatic amines is 1. The Labute approximate surface area is 193 Å². The van der Waals surface area contributed by atoms with Crippen LogP contribution in [0.5, 0.6) is 0 Å². The average Bonchev–Trinajstić information content (AvgIpc) is 3.49. The normalized spacial score (nSPS) is 12.7. The minimum atomic E-state index is -0.987. The van der Waals surface area contributed by atoms with E-state index in [4.69, 9.17) is 4.74 Å². The minimum absolute atomic E-state index is 0.166. The lowest BCUT2D eigenvalue weighted by atomic mass is 10.0. The summed E-state index contributed by atoms with van der Waals surface area (Å²) in [4.78, 5) is 27.6. The highest BCUT2D eigenvalue weighted by Crippen LogP contribution is 2.36. The van der Waals surface area contributed by atoms with Gasteiger partial charge in [-0.1, -0.05) is 29.5 Å². The summed E-state index contributed by atoms with van der Waals surface area (Å²) in [5.41, 5.74) is 4.15. The summed E-state index contributed by atoms with van der Waals surface area (Å²) in [7, 11) is 0. The molecule has 2 heterocycles. The third kappa shape index (κ3) is 3.71. The van der Waals surface area contributed by atoms with E-state index in [-0.39, 0.29) is 24.6 Å². The fourth-order valence-electron chi connectivity index (χ4n) is 3.99. The summed E-state index contributed by atoms with van der Waals surface area (Å²) >= 11 is 0. The van der Waals surface area contributed by atoms with Crippen LogP contribution in [0.15, 0.2) is 60.8 Å². The van der Waals surface area contributed by atoms with Crippen molar-refractivity contribution >= 4 is 17.6 Å². The third-order valence-electron chi connectivity index (χ3n) is 5.68. The van der Waals surface area contributed by atoms with Gasteiger partial charge in [-0.25, -0.2) is 13.6 Å². The second-order valence-corrected chi connectivity index (χ2v) is 7.71. The molecule has 4 aromatic rings. The Balaban J connectivity index is 1.58. The Morgan fingerprint density at radius 3 is 2.53 bits per heavy atom. The summed E-state index contributed by atoms with van der Waals surface area (Å²) < 4.78 is 32.5. The molecule has 7 nitrogen and oxygen atoms in total. The van der Waals surface area contributed by atoms with Crippen molar-refractivity contribution in [2.45, 2.75) is 13.5 Å². The quantitative estimate of drug-likeness (QED) is 0.434. The van der Waals surface area contributed by atoms with Gasteiger partial charge in [0, 0.05) is 11.1 Å². The van der Waals surface area contributed by atoms with Crippen molar-refractivity contribution < 1.29 is 23.1 Å². The molecule has 0 bridgehead atoms. The van der Waals surface area contributed by atoms with E-state index >= 15 is 0 Å². The second-order valence-electron chi connectivity index (χ2n) is 7.71. The number of fused-ring (bicyclic) bond motifs is 1. The number of carbonyl (C=O) groups is 2. The molecular formula is C25H18F2N4O3. The van der Waals surface area contributed by atoms with Crippen LogP contribution in [-0.2, 0) is 11.3 Å². The van der Waals surface area contributed by atoms with Crippen molar-refractivity contribution in [2.24, 2.45) is 0 Å². The Morgan fingerprint density at radius 2 is 1.79 bits per heavy atom. The second kappa shape index (κ2) is 8.51. The molecule has 3 aromatic carbocycles. The molecule has 1 aromatic heterocycles. The summed E-state index contributed by atoms with van der Waals surface area (Å²) in [6.45, 7) is 2.10. The largest absolute Gasteiger partial charge is 0.462 e. The first-order chi connectivity index (χ1) is 16.5. The smallest absolute Gasteiger partial charge is 0.340 e. The van der Waals surface area contributed by atoms with Crippen LogP contribution in [-0.4, -0.2) is 33.9 Å². The minimum Gasteiger partial charge on any atom is -0.462 e. The summed E-state index contributed by atoms with van der Waals surface area (Å²) in [5, 5.41) is 10.2. The molecule has 5 rings (SSSR count). The van der Waals surface area contributed by atoms with Gasteiger partial charge in [0.15, 0.2) is 11.6 Å². The van der Waals surface area contributed by atoms with Crippen molar-refractivity contribution in [3.63, 3.8) is 0 Å². The monoisotopic (exact) mass is 460 g/mol. The van der Waals surface area contributed by atoms with Crippen LogP contribution in [0.3, 0.4) is 0 Å². The fraction of sp³-hybridized carbons (Fsp3) is 0.120. The van der Waals surface area contributed by atoms with Crippen LogP contribution in [0, 0.1) is 11.6 Å². The average molecular weight is 460 g/mol. The van der Waals surface area contributed by atoms with Gasteiger partial charge in [0.05, 0.1) is 36.3 Å². The molecule has 34 heavy (non-hydrogen) atoms. The van der Waals surface area contributed by atoms with E-state index in [0.29, 0.717) is 28.1 Å². The molecule has 0 fully saturated rings. The van der Waals surface area contributed by atoms with Gasteiger partial charge in [0.1, 0.15) is 0 Å². The van der Waals surface area contributed by atoms with Crippen LogP contribution in [0.1, 0.15) is 33.2 Å². The van der Waals surface area contributed by atoms with E-state index in [1.807, 2.05) is 12.1 Å². The molecule has 1 aliphatic heterocycles. The lowest BCUT2D eigenvalue weighted by Gasteiger charge is -2.20. The van der Waals surface area contributed by atoms with Gasteiger partial charge in [0.2, 0.25) is 0 Å². The molecule has 0 atom stereocenters. The van der Waals surface area contributed by atoms with E-state index in [2.05, 4.69) is 15.4 Å². The molecule has 0 spiro atoms. The number of H-pyrrole nitrogens is 1. The van der Waals surface area contributed by atoms with Gasteiger partial charge in [-0.05, 0) is 53.9 Å². The first-order valence-electron chi connectivity index (χ1n) is 10.5. The van der Waals surface area contributed by atoms with Gasteiger partial charge in [-0.2, -0.15) is 0 Å². The Bertz CT molecular complexity index is 1420. The van der Waals surface area contributed by atoms with Crippen molar-refractivity contribution in [3.8, 4) is 22.4 Å². The summed E-state index contributed by atoms with van der Waals surface area (Å²) in [5.74, 6) is -2.82. The highest BCUT2D eigenvalue weighted by atomic mass is 19.2. The van der Waals surface area contributed by atoms with Crippen molar-refractivity contribution in [2.75, 3.05) is 11.5 Å². The number of halogens is 2. The predicted molar refractivity (Wildman–Crippen MR) is 120 cm³/mol. The van der Waals surface area contributed by atoms with E-state index < -0.39 is 17.6 Å². The van der Waals surface area contributed by atoms with E-state index in [0.717, 1.165) is 23.3 Å². The zero-order valence-electron chi connectivity index (χ0n) is 18.0. The highest BCUT2D eigenvalue weighted by Gasteiger charge is 2.32. The number of hydrogen-bond acceptors (Lipinski definition) is 5. The molecule has 170 valence electrons. The van der Waals surface area contributed by atoms with Crippen LogP contribution in [0.2, 0.25) is 0 Å². The van der Waals surface area contributed by atoms with Gasteiger partial charge < -0.3 is 9.64 Å². The number of nitrogens with zero attached hydrogens (tertiary/aromatic N) is 3. The number of hydrogen-bond donors (Lipinski definition) is 1. The Morgan fingerprint density at radius 1 is 1.03 bits per heavy atom. The fourth-order valence-corrected chi connectivity index (χ4v) is 3.99. The van der Waals surface area contributed by atoms with Gasteiger partial charge in [-0.15, -0.1) is 5.10 Å². The predicted octanol–water partition coefficient (Wildman–Crippen LogP) is 4.75. The lowest BCUT2D eigenvalue weighted by Crippen LogP contribution is -2.25. The first-order valence-corrected chi connectivity index (χ1v) is 10.5. The number of aromatic nitrogens is 3. The van der Waals surface area contributed by atoms with E-state index in [1.54, 1.807) is 31.3 Å². The highest BCUT2D eigenvalue weighted by molar-refractivity contribution is 6.13. The summed E-state index contributed by atoms with van der Waals surface area (Å²) in [6.07, 6.45) is 1.56. The molecule has 0 saturated heterocycles. The van der Waals surface area contributed by atoms with Crippen molar-refractivity contribution in [1.82, 2.24) is 15.4 Å². The van der Waals surface area contributed by atoms with Gasteiger partial charge in [0.25, 0.3) is 5.91 Å². The summed E-state index contributed by atoms with van der Waals surface area (Å²) in [6, 6.07) is 13.7. The van der Waals surface area contributed by atoms with Crippen molar-refractivity contribution in [3.05, 3.63) is 89.1 Å². The molecule has 9 heteroatoms. The molecule has 0 unspecified atom stereocenters. The zero-order valence-corrected chi connectivity index (χ0v) is 18.0. The standard InChI is InChI=1S/C25H18F2N4O3/c1-2-34-25(33)18-7-5-15(14-6-8-20(26)21(27)10-14)11-23(18)31-13-17-4-3-16(9-19(17)24(31)32)22-12-28-30-29-22/h3-12H,2,13H2,1H3,(H,28,29,30). The van der Waals surface area contributed by atoms with Gasteiger partial charge >= 0.3 is 5.97 Å². The van der Waals surface area contributed by atoms with Crippen LogP contribution >= 0.6 is 0 Å². The maximum atomic E-state index is 13.8. The first kappa shape index (κ1) is 21.4. The number of nitrogens with one attached hydrogen (secondary N) is 1. The number of amides is 1. The number of esters is 1. The van der Waals surface area contributed by atoms with Crippen LogP contribution in [0.25, 0.3) is 22.4 Å². The maximum Gasteiger partial charge on any atom is 0.340 e. The molecule has 1 aliphatic rings. The number of rotatable bonds is 5. The lowest BCUT2D eigenvalue weighted by molar-refractivity contribution is 0.0527. The van der Waals surface area contributed by atoms with Gasteiger partial charge in [-0.3, -0.25) is 9.89 Å².